The molecule has 1 fully saturated rings. The molecule has 1 aliphatic rings. The first-order valence-electron chi connectivity index (χ1n) is 7.96. The second-order valence-corrected chi connectivity index (χ2v) is 6.81. The fraction of sp³-hybridized carbons (Fsp3) is 0.412. The van der Waals surface area contributed by atoms with Crippen LogP contribution < -0.4 is 10.6 Å². The monoisotopic (exact) mass is 347 g/mol. The number of hydrogen-bond acceptors (Lipinski definition) is 5. The van der Waals surface area contributed by atoms with E-state index in [1.165, 1.54) is 11.3 Å². The number of thiazole rings is 1. The van der Waals surface area contributed by atoms with Crippen LogP contribution in [0, 0.1) is 0 Å². The number of rotatable bonds is 5. The maximum atomic E-state index is 11.9. The standard InChI is InChI=1S/C17H21N3O3S/c21-16(19-12-17(22)6-8-23-9-7-17)18-10-15-20-14(11-24-15)13-4-2-1-3-5-13/h1-5,11,22H,6-10,12H2,(H2,18,19,21). The van der Waals surface area contributed by atoms with Gasteiger partial charge in [0, 0.05) is 43.5 Å². The maximum Gasteiger partial charge on any atom is 0.315 e. The lowest BCUT2D eigenvalue weighted by atomic mass is 9.94. The number of amides is 2. The minimum absolute atomic E-state index is 0.231. The largest absolute Gasteiger partial charge is 0.388 e. The van der Waals surface area contributed by atoms with Crippen LogP contribution in [0.4, 0.5) is 4.79 Å². The summed E-state index contributed by atoms with van der Waals surface area (Å²) in [6.45, 7) is 1.66. The van der Waals surface area contributed by atoms with E-state index in [1.54, 1.807) is 0 Å². The van der Waals surface area contributed by atoms with Crippen LogP contribution >= 0.6 is 11.3 Å². The summed E-state index contributed by atoms with van der Waals surface area (Å²) in [5.74, 6) is 0. The van der Waals surface area contributed by atoms with Gasteiger partial charge < -0.3 is 20.5 Å². The van der Waals surface area contributed by atoms with Crippen LogP contribution in [0.25, 0.3) is 11.3 Å². The van der Waals surface area contributed by atoms with Crippen molar-refractivity contribution >= 4 is 17.4 Å². The highest BCUT2D eigenvalue weighted by Crippen LogP contribution is 2.21. The lowest BCUT2D eigenvalue weighted by molar-refractivity contribution is -0.0600. The van der Waals surface area contributed by atoms with Crippen molar-refractivity contribution in [2.45, 2.75) is 25.0 Å². The second kappa shape index (κ2) is 7.74. The number of hydrogen-bond donors (Lipinski definition) is 3. The number of nitrogens with zero attached hydrogens (tertiary/aromatic N) is 1. The summed E-state index contributed by atoms with van der Waals surface area (Å²) in [5.41, 5.74) is 1.11. The Labute approximate surface area is 144 Å². The van der Waals surface area contributed by atoms with Gasteiger partial charge in [-0.3, -0.25) is 0 Å². The van der Waals surface area contributed by atoms with Crippen molar-refractivity contribution in [3.05, 3.63) is 40.7 Å². The van der Waals surface area contributed by atoms with Gasteiger partial charge in [-0.15, -0.1) is 11.3 Å². The Balaban J connectivity index is 1.46. The molecule has 2 heterocycles. The van der Waals surface area contributed by atoms with Crippen LogP contribution in [0.15, 0.2) is 35.7 Å². The van der Waals surface area contributed by atoms with Gasteiger partial charge in [-0.1, -0.05) is 30.3 Å². The highest BCUT2D eigenvalue weighted by Gasteiger charge is 2.30. The Kier molecular flexibility index (Phi) is 5.44. The third-order valence-electron chi connectivity index (χ3n) is 4.02. The molecule has 2 aromatic rings. The average Bonchev–Trinajstić information content (AvgIpc) is 3.09. The van der Waals surface area contributed by atoms with Gasteiger partial charge in [-0.2, -0.15) is 0 Å². The van der Waals surface area contributed by atoms with Gasteiger partial charge in [0.05, 0.1) is 17.8 Å². The molecule has 128 valence electrons. The fourth-order valence-corrected chi connectivity index (χ4v) is 3.27. The van der Waals surface area contributed by atoms with Crippen LogP contribution in [-0.2, 0) is 11.3 Å². The molecule has 0 atom stereocenters. The van der Waals surface area contributed by atoms with Crippen molar-refractivity contribution in [1.29, 1.82) is 0 Å². The molecular formula is C17H21N3O3S. The molecule has 2 amide bonds. The third-order valence-corrected chi connectivity index (χ3v) is 4.87. The van der Waals surface area contributed by atoms with E-state index < -0.39 is 5.60 Å². The molecule has 1 saturated heterocycles. The van der Waals surface area contributed by atoms with Crippen molar-refractivity contribution in [3.63, 3.8) is 0 Å². The lowest BCUT2D eigenvalue weighted by Crippen LogP contribution is -2.48. The molecule has 0 saturated carbocycles. The molecular weight excluding hydrogens is 326 g/mol. The van der Waals surface area contributed by atoms with E-state index in [0.29, 0.717) is 32.6 Å². The topological polar surface area (TPSA) is 83.5 Å². The van der Waals surface area contributed by atoms with Gasteiger partial charge in [0.25, 0.3) is 0 Å². The zero-order valence-electron chi connectivity index (χ0n) is 13.3. The molecule has 24 heavy (non-hydrogen) atoms. The Bertz CT molecular complexity index is 669. The summed E-state index contributed by atoms with van der Waals surface area (Å²) in [6, 6.07) is 9.63. The van der Waals surface area contributed by atoms with Gasteiger partial charge in [0.1, 0.15) is 5.01 Å². The molecule has 1 aromatic carbocycles. The van der Waals surface area contributed by atoms with Crippen molar-refractivity contribution in [2.24, 2.45) is 0 Å². The normalized spacial score (nSPS) is 16.5. The van der Waals surface area contributed by atoms with Gasteiger partial charge >= 0.3 is 6.03 Å². The Morgan fingerprint density at radius 3 is 2.75 bits per heavy atom. The zero-order valence-corrected chi connectivity index (χ0v) is 14.1. The predicted molar refractivity (Wildman–Crippen MR) is 92.8 cm³/mol. The van der Waals surface area contributed by atoms with Gasteiger partial charge in [0.2, 0.25) is 0 Å². The number of urea groups is 1. The second-order valence-electron chi connectivity index (χ2n) is 5.87. The Morgan fingerprint density at radius 2 is 2.00 bits per heavy atom. The summed E-state index contributed by atoms with van der Waals surface area (Å²) in [6.07, 6.45) is 1.08. The first-order valence-corrected chi connectivity index (χ1v) is 8.84. The highest BCUT2D eigenvalue weighted by molar-refractivity contribution is 7.09. The van der Waals surface area contributed by atoms with E-state index in [-0.39, 0.29) is 12.6 Å². The van der Waals surface area contributed by atoms with Crippen LogP contribution in [-0.4, -0.2) is 41.5 Å². The Morgan fingerprint density at radius 1 is 1.25 bits per heavy atom. The van der Waals surface area contributed by atoms with E-state index in [1.807, 2.05) is 35.7 Å². The van der Waals surface area contributed by atoms with Crippen molar-refractivity contribution in [1.82, 2.24) is 15.6 Å². The molecule has 1 aromatic heterocycles. The van der Waals surface area contributed by atoms with E-state index in [4.69, 9.17) is 4.74 Å². The molecule has 0 unspecified atom stereocenters. The molecule has 1 aliphatic heterocycles. The molecule has 6 nitrogen and oxygen atoms in total. The average molecular weight is 347 g/mol. The maximum absolute atomic E-state index is 11.9. The minimum Gasteiger partial charge on any atom is -0.388 e. The molecule has 0 aliphatic carbocycles. The summed E-state index contributed by atoms with van der Waals surface area (Å²) in [4.78, 5) is 16.4. The number of ether oxygens (including phenoxy) is 1. The van der Waals surface area contributed by atoms with E-state index in [2.05, 4.69) is 15.6 Å². The lowest BCUT2D eigenvalue weighted by Gasteiger charge is -2.31. The third kappa shape index (κ3) is 4.53. The van der Waals surface area contributed by atoms with E-state index in [0.717, 1.165) is 16.3 Å². The molecule has 7 heteroatoms. The summed E-state index contributed by atoms with van der Waals surface area (Å²) < 4.78 is 5.22. The number of carbonyl (C=O) groups excluding carboxylic acids is 1. The van der Waals surface area contributed by atoms with Gasteiger partial charge in [-0.05, 0) is 0 Å². The van der Waals surface area contributed by atoms with Crippen LogP contribution in [0.2, 0.25) is 0 Å². The number of aliphatic hydroxyl groups is 1. The summed E-state index contributed by atoms with van der Waals surface area (Å²) >= 11 is 1.51. The van der Waals surface area contributed by atoms with Crippen LogP contribution in [0.5, 0.6) is 0 Å². The Hall–Kier alpha value is -1.96. The quantitative estimate of drug-likeness (QED) is 0.774. The summed E-state index contributed by atoms with van der Waals surface area (Å²) in [7, 11) is 0. The van der Waals surface area contributed by atoms with Crippen LogP contribution in [0.1, 0.15) is 17.8 Å². The van der Waals surface area contributed by atoms with E-state index >= 15 is 0 Å². The first-order chi connectivity index (χ1) is 11.6. The molecule has 0 radical (unpaired) electrons. The summed E-state index contributed by atoms with van der Waals surface area (Å²) in [5, 5.41) is 18.6. The van der Waals surface area contributed by atoms with Crippen LogP contribution in [0.3, 0.4) is 0 Å². The molecule has 3 N–H and O–H groups in total. The minimum atomic E-state index is -0.864. The fourth-order valence-electron chi connectivity index (χ4n) is 2.52. The van der Waals surface area contributed by atoms with Gasteiger partial charge in [0.15, 0.2) is 0 Å². The molecule has 0 spiro atoms. The highest BCUT2D eigenvalue weighted by atomic mass is 32.1. The smallest absolute Gasteiger partial charge is 0.315 e. The number of carbonyl (C=O) groups is 1. The van der Waals surface area contributed by atoms with Crippen molar-refractivity contribution in [2.75, 3.05) is 19.8 Å². The van der Waals surface area contributed by atoms with Gasteiger partial charge in [-0.25, -0.2) is 9.78 Å². The number of benzene rings is 1. The van der Waals surface area contributed by atoms with Crippen molar-refractivity contribution < 1.29 is 14.6 Å². The van der Waals surface area contributed by atoms with E-state index in [9.17, 15) is 9.90 Å². The molecule has 0 bridgehead atoms. The SMILES string of the molecule is O=C(NCc1nc(-c2ccccc2)cs1)NCC1(O)CCOCC1. The number of aromatic nitrogens is 1. The molecule has 3 rings (SSSR count). The first kappa shape index (κ1) is 16.9. The number of nitrogens with one attached hydrogen (secondary N) is 2. The zero-order chi connectivity index (χ0) is 16.8. The predicted octanol–water partition coefficient (Wildman–Crippen LogP) is 2.15. The van der Waals surface area contributed by atoms with Crippen molar-refractivity contribution in [3.8, 4) is 11.3 Å².